The van der Waals surface area contributed by atoms with Gasteiger partial charge in [-0.3, -0.25) is 0 Å². The molecule has 1 aromatic carbocycles. The van der Waals surface area contributed by atoms with Crippen molar-refractivity contribution in [1.29, 1.82) is 5.26 Å². The fourth-order valence-corrected chi connectivity index (χ4v) is 1.82. The number of aliphatic hydroxyl groups excluding tert-OH is 1. The van der Waals surface area contributed by atoms with Gasteiger partial charge in [-0.25, -0.2) is 4.39 Å². The minimum absolute atomic E-state index is 0.0859. The summed E-state index contributed by atoms with van der Waals surface area (Å²) in [5, 5.41) is 17.5. The highest BCUT2D eigenvalue weighted by Gasteiger charge is 2.06. The molecule has 0 aliphatic carbocycles. The van der Waals surface area contributed by atoms with Crippen LogP contribution in [0.25, 0.3) is 0 Å². The first-order chi connectivity index (χ1) is 7.17. The molecule has 80 valence electrons. The minimum atomic E-state index is -0.355. The molecule has 0 aromatic heterocycles. The number of thioether (sulfide) groups is 1. The van der Waals surface area contributed by atoms with Crippen LogP contribution < -0.4 is 0 Å². The van der Waals surface area contributed by atoms with Crippen LogP contribution in [-0.4, -0.2) is 17.0 Å². The van der Waals surface area contributed by atoms with Crippen molar-refractivity contribution in [1.82, 2.24) is 0 Å². The van der Waals surface area contributed by atoms with Crippen molar-refractivity contribution in [2.75, 3.05) is 6.61 Å². The van der Waals surface area contributed by atoms with Crippen LogP contribution in [0.3, 0.4) is 0 Å². The molecule has 1 aromatic rings. The van der Waals surface area contributed by atoms with Crippen molar-refractivity contribution in [3.05, 3.63) is 35.1 Å². The summed E-state index contributed by atoms with van der Waals surface area (Å²) in [6.07, 6.45) is 0. The van der Waals surface area contributed by atoms with Gasteiger partial charge >= 0.3 is 0 Å². The Morgan fingerprint density at radius 3 is 2.87 bits per heavy atom. The lowest BCUT2D eigenvalue weighted by molar-refractivity contribution is 0.300. The summed E-state index contributed by atoms with van der Waals surface area (Å²) in [5.74, 6) is 0.158. The first-order valence-corrected chi connectivity index (χ1v) is 5.63. The van der Waals surface area contributed by atoms with Crippen molar-refractivity contribution < 1.29 is 9.50 Å². The molecule has 0 heterocycles. The van der Waals surface area contributed by atoms with Crippen molar-refractivity contribution in [2.24, 2.45) is 0 Å². The standard InChI is InChI=1S/C11H12FNOS/c1-8(6-14)15-7-10-3-2-9(5-13)4-11(10)12/h2-4,8,14H,6-7H2,1H3. The first-order valence-electron chi connectivity index (χ1n) is 4.58. The van der Waals surface area contributed by atoms with E-state index in [-0.39, 0.29) is 17.7 Å². The minimum Gasteiger partial charge on any atom is -0.395 e. The van der Waals surface area contributed by atoms with E-state index in [2.05, 4.69) is 0 Å². The normalized spacial score (nSPS) is 12.1. The van der Waals surface area contributed by atoms with Gasteiger partial charge in [-0.15, -0.1) is 0 Å². The van der Waals surface area contributed by atoms with E-state index in [9.17, 15) is 4.39 Å². The maximum Gasteiger partial charge on any atom is 0.128 e. The predicted octanol–water partition coefficient (Wildman–Crippen LogP) is 2.31. The highest BCUT2D eigenvalue weighted by atomic mass is 32.2. The lowest BCUT2D eigenvalue weighted by atomic mass is 10.1. The van der Waals surface area contributed by atoms with Crippen molar-refractivity contribution in [2.45, 2.75) is 17.9 Å². The van der Waals surface area contributed by atoms with Crippen LogP contribution in [0.4, 0.5) is 4.39 Å². The van der Waals surface area contributed by atoms with E-state index >= 15 is 0 Å². The average molecular weight is 225 g/mol. The molecule has 4 heteroatoms. The third kappa shape index (κ3) is 3.54. The van der Waals surface area contributed by atoms with Crippen LogP contribution >= 0.6 is 11.8 Å². The molecule has 1 unspecified atom stereocenters. The largest absolute Gasteiger partial charge is 0.395 e. The zero-order valence-corrected chi connectivity index (χ0v) is 9.22. The van der Waals surface area contributed by atoms with Gasteiger partial charge in [0.05, 0.1) is 18.2 Å². The van der Waals surface area contributed by atoms with Crippen LogP contribution in [-0.2, 0) is 5.75 Å². The van der Waals surface area contributed by atoms with Gasteiger partial charge in [0.15, 0.2) is 0 Å². The zero-order chi connectivity index (χ0) is 11.3. The lowest BCUT2D eigenvalue weighted by Gasteiger charge is -2.08. The highest BCUT2D eigenvalue weighted by molar-refractivity contribution is 7.99. The monoisotopic (exact) mass is 225 g/mol. The fraction of sp³-hybridized carbons (Fsp3) is 0.364. The van der Waals surface area contributed by atoms with Gasteiger partial charge in [-0.1, -0.05) is 13.0 Å². The lowest BCUT2D eigenvalue weighted by Crippen LogP contribution is -2.03. The molecule has 15 heavy (non-hydrogen) atoms. The number of hydrogen-bond acceptors (Lipinski definition) is 3. The smallest absolute Gasteiger partial charge is 0.128 e. The predicted molar refractivity (Wildman–Crippen MR) is 59.0 cm³/mol. The van der Waals surface area contributed by atoms with E-state index in [1.807, 2.05) is 13.0 Å². The molecule has 1 atom stereocenters. The molecule has 0 amide bonds. The van der Waals surface area contributed by atoms with Gasteiger partial charge in [0.25, 0.3) is 0 Å². The van der Waals surface area contributed by atoms with Crippen LogP contribution in [0.2, 0.25) is 0 Å². The van der Waals surface area contributed by atoms with E-state index in [0.29, 0.717) is 16.9 Å². The molecule has 0 aliphatic heterocycles. The second-order valence-electron chi connectivity index (χ2n) is 3.22. The summed E-state index contributed by atoms with van der Waals surface area (Å²) in [4.78, 5) is 0. The quantitative estimate of drug-likeness (QED) is 0.855. The Labute approximate surface area is 92.7 Å². The fourth-order valence-electron chi connectivity index (χ4n) is 1.02. The average Bonchev–Trinajstić information content (AvgIpc) is 2.26. The third-order valence-corrected chi connectivity index (χ3v) is 3.16. The third-order valence-electron chi connectivity index (χ3n) is 1.96. The van der Waals surface area contributed by atoms with Crippen LogP contribution in [0.5, 0.6) is 0 Å². The Kier molecular flexibility index (Phi) is 4.60. The maximum absolute atomic E-state index is 13.4. The Bertz CT molecular complexity index is 375. The van der Waals surface area contributed by atoms with Crippen molar-refractivity contribution >= 4 is 11.8 Å². The highest BCUT2D eigenvalue weighted by Crippen LogP contribution is 2.20. The first kappa shape index (κ1) is 12.0. The SMILES string of the molecule is CC(CO)SCc1ccc(C#N)cc1F. The Morgan fingerprint density at radius 2 is 2.33 bits per heavy atom. The molecular formula is C11H12FNOS. The Morgan fingerprint density at radius 1 is 1.60 bits per heavy atom. The molecule has 0 saturated carbocycles. The second-order valence-corrected chi connectivity index (χ2v) is 4.65. The molecular weight excluding hydrogens is 213 g/mol. The van der Waals surface area contributed by atoms with Gasteiger partial charge in [-0.05, 0) is 17.7 Å². The molecule has 0 saturated heterocycles. The number of nitriles is 1. The molecule has 0 bridgehead atoms. The van der Waals surface area contributed by atoms with Crippen molar-refractivity contribution in [3.8, 4) is 6.07 Å². The van der Waals surface area contributed by atoms with Gasteiger partial charge in [0.2, 0.25) is 0 Å². The second kappa shape index (κ2) is 5.74. The summed E-state index contributed by atoms with van der Waals surface area (Å²) < 4.78 is 13.4. The van der Waals surface area contributed by atoms with Gasteiger partial charge < -0.3 is 5.11 Å². The molecule has 0 fully saturated rings. The number of nitrogens with zero attached hydrogens (tertiary/aromatic N) is 1. The van der Waals surface area contributed by atoms with E-state index in [1.165, 1.54) is 17.8 Å². The van der Waals surface area contributed by atoms with E-state index in [0.717, 1.165) is 0 Å². The van der Waals surface area contributed by atoms with Crippen LogP contribution in [0.1, 0.15) is 18.1 Å². The summed E-state index contributed by atoms with van der Waals surface area (Å²) in [6.45, 7) is 1.97. The topological polar surface area (TPSA) is 44.0 Å². The van der Waals surface area contributed by atoms with Gasteiger partial charge in [0, 0.05) is 11.0 Å². The van der Waals surface area contributed by atoms with E-state index < -0.39 is 0 Å². The van der Waals surface area contributed by atoms with E-state index in [4.69, 9.17) is 10.4 Å². The molecule has 0 aliphatic rings. The van der Waals surface area contributed by atoms with Crippen LogP contribution in [0.15, 0.2) is 18.2 Å². The number of hydrogen-bond donors (Lipinski definition) is 1. The summed E-state index contributed by atoms with van der Waals surface area (Å²) in [6, 6.07) is 6.34. The molecule has 1 N–H and O–H groups in total. The Balaban J connectivity index is 2.67. The summed E-state index contributed by atoms with van der Waals surface area (Å²) >= 11 is 1.48. The maximum atomic E-state index is 13.4. The van der Waals surface area contributed by atoms with Gasteiger partial charge in [0.1, 0.15) is 5.82 Å². The van der Waals surface area contributed by atoms with E-state index in [1.54, 1.807) is 12.1 Å². The summed E-state index contributed by atoms with van der Waals surface area (Å²) in [7, 11) is 0. The number of halogens is 1. The zero-order valence-electron chi connectivity index (χ0n) is 8.40. The Hall–Kier alpha value is -1.05. The molecule has 2 nitrogen and oxygen atoms in total. The number of rotatable bonds is 4. The van der Waals surface area contributed by atoms with Crippen molar-refractivity contribution in [3.63, 3.8) is 0 Å². The molecule has 0 spiro atoms. The molecule has 0 radical (unpaired) electrons. The van der Waals surface area contributed by atoms with Crippen LogP contribution in [0, 0.1) is 17.1 Å². The summed E-state index contributed by atoms with van der Waals surface area (Å²) in [5.41, 5.74) is 0.899. The molecule has 1 rings (SSSR count). The number of aliphatic hydroxyl groups is 1. The van der Waals surface area contributed by atoms with Gasteiger partial charge in [-0.2, -0.15) is 17.0 Å². The number of benzene rings is 1.